The van der Waals surface area contributed by atoms with Gasteiger partial charge in [0.1, 0.15) is 12.4 Å². The van der Waals surface area contributed by atoms with Crippen LogP contribution in [0.2, 0.25) is 5.02 Å². The Bertz CT molecular complexity index is 1430. The molecule has 0 amide bonds. The van der Waals surface area contributed by atoms with E-state index in [0.717, 1.165) is 28.4 Å². The van der Waals surface area contributed by atoms with Crippen molar-refractivity contribution in [1.82, 2.24) is 9.66 Å². The van der Waals surface area contributed by atoms with Crippen LogP contribution in [0.1, 0.15) is 42.3 Å². The number of aromatic nitrogens is 2. The van der Waals surface area contributed by atoms with Gasteiger partial charge in [0.15, 0.2) is 5.75 Å². The van der Waals surface area contributed by atoms with E-state index in [4.69, 9.17) is 21.3 Å². The lowest BCUT2D eigenvalue weighted by molar-refractivity contribution is 0.304. The fourth-order valence-corrected chi connectivity index (χ4v) is 4.92. The topological polar surface area (TPSA) is 56.5 Å². The Balaban J connectivity index is 1.63. The molecule has 0 bridgehead atoms. The van der Waals surface area contributed by atoms with Gasteiger partial charge in [0.25, 0.3) is 5.56 Å². The maximum atomic E-state index is 13.2. The summed E-state index contributed by atoms with van der Waals surface area (Å²) in [4.78, 5) is 18.0. The number of hydrogen-bond acceptors (Lipinski definition) is 4. The molecule has 0 aliphatic heterocycles. The lowest BCUT2D eigenvalue weighted by Gasteiger charge is -2.12. The van der Waals surface area contributed by atoms with Gasteiger partial charge in [-0.25, -0.2) is 4.98 Å². The first-order chi connectivity index (χ1) is 16.9. The Labute approximate surface area is 226 Å². The average molecular weight is 618 g/mol. The first kappa shape index (κ1) is 25.6. The van der Waals surface area contributed by atoms with Gasteiger partial charge in [-0.3, -0.25) is 4.79 Å². The summed E-state index contributed by atoms with van der Waals surface area (Å²) in [5.41, 5.74) is 3.44. The van der Waals surface area contributed by atoms with Crippen molar-refractivity contribution < 1.29 is 4.74 Å². The van der Waals surface area contributed by atoms with Gasteiger partial charge in [-0.2, -0.15) is 9.78 Å². The minimum absolute atomic E-state index is 0.207. The summed E-state index contributed by atoms with van der Waals surface area (Å²) in [5.74, 6) is 1.19. The Hall–Kier alpha value is -2.48. The Morgan fingerprint density at radius 2 is 1.89 bits per heavy atom. The van der Waals surface area contributed by atoms with Crippen LogP contribution in [0.4, 0.5) is 0 Å². The van der Waals surface area contributed by atoms with E-state index < -0.39 is 0 Å². The first-order valence-corrected chi connectivity index (χ1v) is 13.2. The number of unbranched alkanes of at least 4 members (excludes halogenated alkanes) is 1. The molecule has 4 rings (SSSR count). The van der Waals surface area contributed by atoms with Crippen LogP contribution in [-0.4, -0.2) is 15.9 Å². The molecule has 0 radical (unpaired) electrons. The first-order valence-electron chi connectivity index (χ1n) is 11.3. The van der Waals surface area contributed by atoms with Gasteiger partial charge in [-0.15, -0.1) is 0 Å². The molecular formula is C27H24Br2ClN3O2. The van der Waals surface area contributed by atoms with Gasteiger partial charge < -0.3 is 4.74 Å². The van der Waals surface area contributed by atoms with Crippen molar-refractivity contribution in [3.8, 4) is 5.75 Å². The number of nitrogens with zero attached hydrogens (tertiary/aromatic N) is 3. The zero-order chi connectivity index (χ0) is 24.9. The van der Waals surface area contributed by atoms with E-state index >= 15 is 0 Å². The highest BCUT2D eigenvalue weighted by Crippen LogP contribution is 2.34. The van der Waals surface area contributed by atoms with Gasteiger partial charge >= 0.3 is 0 Å². The van der Waals surface area contributed by atoms with Gasteiger partial charge in [-0.05, 0) is 70.7 Å². The molecular weight excluding hydrogens is 594 g/mol. The molecule has 0 saturated heterocycles. The number of benzene rings is 3. The molecule has 1 heterocycles. The number of rotatable bonds is 8. The summed E-state index contributed by atoms with van der Waals surface area (Å²) in [5, 5.41) is 5.46. The van der Waals surface area contributed by atoms with E-state index in [9.17, 15) is 4.79 Å². The third-order valence-electron chi connectivity index (χ3n) is 5.48. The number of halogens is 3. The lowest BCUT2D eigenvalue weighted by atomic mass is 10.2. The zero-order valence-corrected chi connectivity index (χ0v) is 23.3. The smallest absolute Gasteiger partial charge is 0.282 e. The predicted molar refractivity (Wildman–Crippen MR) is 150 cm³/mol. The second kappa shape index (κ2) is 11.5. The predicted octanol–water partition coefficient (Wildman–Crippen LogP) is 7.69. The number of fused-ring (bicyclic) bond motifs is 1. The van der Waals surface area contributed by atoms with E-state index in [2.05, 4.69) is 43.9 Å². The van der Waals surface area contributed by atoms with E-state index in [1.54, 1.807) is 18.3 Å². The van der Waals surface area contributed by atoms with Gasteiger partial charge in [0, 0.05) is 10.9 Å². The normalized spacial score (nSPS) is 11.5. The fourth-order valence-electron chi connectivity index (χ4n) is 3.57. The molecule has 5 nitrogen and oxygen atoms in total. The average Bonchev–Trinajstić information content (AvgIpc) is 2.83. The molecule has 180 valence electrons. The standard InChI is InChI=1S/C27H24Br2ClN3O2/c1-3-4-5-25-32-24-11-10-20(28)14-21(24)27(34)33(25)31-15-19-12-22(29)26(23(30)13-19)35-16-18-8-6-17(2)7-9-18/h6-15H,3-5,16H2,1-2H3. The minimum Gasteiger partial charge on any atom is -0.486 e. The van der Waals surface area contributed by atoms with Crippen LogP contribution < -0.4 is 10.3 Å². The van der Waals surface area contributed by atoms with Crippen molar-refractivity contribution in [1.29, 1.82) is 0 Å². The molecule has 0 saturated carbocycles. The lowest BCUT2D eigenvalue weighted by Crippen LogP contribution is -2.22. The molecule has 0 aliphatic carbocycles. The van der Waals surface area contributed by atoms with Crippen LogP contribution in [0.15, 0.2) is 73.4 Å². The van der Waals surface area contributed by atoms with E-state index in [-0.39, 0.29) is 5.56 Å². The summed E-state index contributed by atoms with van der Waals surface area (Å²) >= 11 is 13.5. The molecule has 4 aromatic rings. The highest BCUT2D eigenvalue weighted by atomic mass is 79.9. The van der Waals surface area contributed by atoms with Crippen LogP contribution in [0.5, 0.6) is 5.75 Å². The van der Waals surface area contributed by atoms with Crippen molar-refractivity contribution >= 4 is 60.6 Å². The van der Waals surface area contributed by atoms with Crippen LogP contribution in [-0.2, 0) is 13.0 Å². The van der Waals surface area contributed by atoms with E-state index in [1.165, 1.54) is 10.2 Å². The van der Waals surface area contributed by atoms with Crippen LogP contribution in [0.3, 0.4) is 0 Å². The maximum absolute atomic E-state index is 13.2. The minimum atomic E-state index is -0.207. The highest BCUT2D eigenvalue weighted by molar-refractivity contribution is 9.10. The fraction of sp³-hybridized carbons (Fsp3) is 0.222. The zero-order valence-electron chi connectivity index (χ0n) is 19.4. The maximum Gasteiger partial charge on any atom is 0.282 e. The number of aryl methyl sites for hydroxylation is 2. The quantitative estimate of drug-likeness (QED) is 0.191. The summed E-state index contributed by atoms with van der Waals surface area (Å²) in [6.07, 6.45) is 4.17. The molecule has 0 aliphatic rings. The molecule has 3 aromatic carbocycles. The summed E-state index contributed by atoms with van der Waals surface area (Å²) < 4.78 is 8.87. The molecule has 0 atom stereocenters. The molecule has 35 heavy (non-hydrogen) atoms. The van der Waals surface area contributed by atoms with Crippen LogP contribution in [0.25, 0.3) is 10.9 Å². The van der Waals surface area contributed by atoms with E-state index in [1.807, 2.05) is 49.4 Å². The van der Waals surface area contributed by atoms with Crippen molar-refractivity contribution in [2.75, 3.05) is 0 Å². The van der Waals surface area contributed by atoms with Crippen molar-refractivity contribution in [3.05, 3.63) is 101 Å². The third-order valence-corrected chi connectivity index (χ3v) is 6.84. The molecule has 8 heteroatoms. The summed E-state index contributed by atoms with van der Waals surface area (Å²) in [6.45, 7) is 4.55. The van der Waals surface area contributed by atoms with Gasteiger partial charge in [-0.1, -0.05) is 70.7 Å². The molecule has 0 fully saturated rings. The van der Waals surface area contributed by atoms with Crippen molar-refractivity contribution in [2.24, 2.45) is 5.10 Å². The Morgan fingerprint density at radius 1 is 1.11 bits per heavy atom. The molecule has 0 N–H and O–H groups in total. The third kappa shape index (κ3) is 6.21. The number of ether oxygens (including phenoxy) is 1. The molecule has 1 aromatic heterocycles. The van der Waals surface area contributed by atoms with Crippen LogP contribution >= 0.6 is 43.5 Å². The highest BCUT2D eigenvalue weighted by Gasteiger charge is 2.12. The van der Waals surface area contributed by atoms with Crippen molar-refractivity contribution in [3.63, 3.8) is 0 Å². The Kier molecular flexibility index (Phi) is 8.42. The molecule has 0 unspecified atom stereocenters. The number of hydrogen-bond donors (Lipinski definition) is 0. The second-order valence-corrected chi connectivity index (χ2v) is 10.4. The summed E-state index contributed by atoms with van der Waals surface area (Å²) in [6, 6.07) is 17.3. The SMILES string of the molecule is CCCCc1nc2ccc(Br)cc2c(=O)n1N=Cc1cc(Cl)c(OCc2ccc(C)cc2)c(Br)c1. The molecule has 0 spiro atoms. The van der Waals surface area contributed by atoms with E-state index in [0.29, 0.717) is 45.0 Å². The largest absolute Gasteiger partial charge is 0.486 e. The van der Waals surface area contributed by atoms with Crippen molar-refractivity contribution in [2.45, 2.75) is 39.7 Å². The summed E-state index contributed by atoms with van der Waals surface area (Å²) in [7, 11) is 0. The van der Waals surface area contributed by atoms with Gasteiger partial charge in [0.05, 0.1) is 26.6 Å². The Morgan fingerprint density at radius 3 is 2.60 bits per heavy atom. The van der Waals surface area contributed by atoms with Crippen LogP contribution in [0, 0.1) is 6.92 Å². The monoisotopic (exact) mass is 615 g/mol. The van der Waals surface area contributed by atoms with Gasteiger partial charge in [0.2, 0.25) is 0 Å². The second-order valence-electron chi connectivity index (χ2n) is 8.24.